The van der Waals surface area contributed by atoms with Crippen molar-refractivity contribution in [2.24, 2.45) is 0 Å². The van der Waals surface area contributed by atoms with E-state index in [1.165, 1.54) is 16.7 Å². The third-order valence-electron chi connectivity index (χ3n) is 4.70. The summed E-state index contributed by atoms with van der Waals surface area (Å²) in [5, 5.41) is 4.25. The van der Waals surface area contributed by atoms with Gasteiger partial charge in [0.05, 0.1) is 18.5 Å². The second-order valence-corrected chi connectivity index (χ2v) is 6.69. The summed E-state index contributed by atoms with van der Waals surface area (Å²) in [6, 6.07) is 16.4. The predicted octanol–water partition coefficient (Wildman–Crippen LogP) is 4.96. The number of hydrogen-bond acceptors (Lipinski definition) is 4. The van der Waals surface area contributed by atoms with Crippen LogP contribution < -0.4 is 0 Å². The average Bonchev–Trinajstić information content (AvgIpc) is 3.41. The molecule has 28 heavy (non-hydrogen) atoms. The van der Waals surface area contributed by atoms with Crippen LogP contribution in [0.25, 0.3) is 17.0 Å². The van der Waals surface area contributed by atoms with Gasteiger partial charge in [-0.25, -0.2) is 9.67 Å². The van der Waals surface area contributed by atoms with Crippen molar-refractivity contribution in [1.82, 2.24) is 14.8 Å². The predicted molar refractivity (Wildman–Crippen MR) is 108 cm³/mol. The Balaban J connectivity index is 1.50. The smallest absolute Gasteiger partial charge is 0.199 e. The lowest BCUT2D eigenvalue weighted by Gasteiger charge is -2.08. The topological polar surface area (TPSA) is 53.1 Å². The minimum atomic E-state index is 0.628. The number of aryl methyl sites for hydroxylation is 1. The summed E-state index contributed by atoms with van der Waals surface area (Å²) < 4.78 is 13.4. The summed E-state index contributed by atoms with van der Waals surface area (Å²) in [4.78, 5) is 4.48. The zero-order valence-corrected chi connectivity index (χ0v) is 16.1. The molecule has 0 atom stereocenters. The van der Waals surface area contributed by atoms with Crippen LogP contribution >= 0.6 is 0 Å². The lowest BCUT2D eigenvalue weighted by molar-refractivity contribution is 0.134. The molecule has 0 unspecified atom stereocenters. The van der Waals surface area contributed by atoms with Crippen molar-refractivity contribution in [3.8, 4) is 17.0 Å². The monoisotopic (exact) mass is 373 g/mol. The highest BCUT2D eigenvalue weighted by atomic mass is 16.5. The van der Waals surface area contributed by atoms with Crippen LogP contribution in [0.1, 0.15) is 29.5 Å². The normalized spacial score (nSPS) is 11.1. The first-order chi connectivity index (χ1) is 13.7. The Kier molecular flexibility index (Phi) is 5.35. The minimum Gasteiger partial charge on any atom is -0.440 e. The molecule has 0 fully saturated rings. The highest BCUT2D eigenvalue weighted by Gasteiger charge is 2.10. The summed E-state index contributed by atoms with van der Waals surface area (Å²) in [6.45, 7) is 5.46. The molecule has 2 heterocycles. The molecular formula is C23H23N3O2. The minimum absolute atomic E-state index is 0.628. The first-order valence-electron chi connectivity index (χ1n) is 9.44. The van der Waals surface area contributed by atoms with Gasteiger partial charge in [-0.1, -0.05) is 18.2 Å². The molecule has 0 saturated heterocycles. The molecule has 2 aromatic carbocycles. The van der Waals surface area contributed by atoms with Gasteiger partial charge in [-0.05, 0) is 60.9 Å². The Morgan fingerprint density at radius 1 is 1.11 bits per heavy atom. The van der Waals surface area contributed by atoms with E-state index < -0.39 is 0 Å². The Morgan fingerprint density at radius 3 is 2.71 bits per heavy atom. The zero-order chi connectivity index (χ0) is 19.3. The van der Waals surface area contributed by atoms with E-state index in [1.807, 2.05) is 48.1 Å². The molecule has 142 valence electrons. The van der Waals surface area contributed by atoms with Crippen molar-refractivity contribution < 1.29 is 9.15 Å². The van der Waals surface area contributed by atoms with Crippen LogP contribution in [-0.2, 0) is 17.8 Å². The van der Waals surface area contributed by atoms with Gasteiger partial charge in [0.1, 0.15) is 0 Å². The second-order valence-electron chi connectivity index (χ2n) is 6.69. The molecule has 0 spiro atoms. The van der Waals surface area contributed by atoms with Crippen molar-refractivity contribution >= 4 is 0 Å². The zero-order valence-electron chi connectivity index (χ0n) is 16.1. The van der Waals surface area contributed by atoms with Gasteiger partial charge >= 0.3 is 0 Å². The van der Waals surface area contributed by atoms with Crippen LogP contribution in [0.15, 0.2) is 71.5 Å². The lowest BCUT2D eigenvalue weighted by atomic mass is 10.0. The van der Waals surface area contributed by atoms with E-state index in [0.29, 0.717) is 25.5 Å². The molecule has 0 saturated carbocycles. The maximum atomic E-state index is 6.02. The van der Waals surface area contributed by atoms with E-state index in [4.69, 9.17) is 9.15 Å². The van der Waals surface area contributed by atoms with Crippen LogP contribution in [0.3, 0.4) is 0 Å². The maximum Gasteiger partial charge on any atom is 0.199 e. The van der Waals surface area contributed by atoms with E-state index in [-0.39, 0.29) is 0 Å². The fourth-order valence-electron chi connectivity index (χ4n) is 3.11. The molecule has 5 nitrogen and oxygen atoms in total. The molecular weight excluding hydrogens is 350 g/mol. The number of benzene rings is 2. The number of ether oxygens (including phenoxy) is 1. The fourth-order valence-corrected chi connectivity index (χ4v) is 3.11. The van der Waals surface area contributed by atoms with Gasteiger partial charge in [0.15, 0.2) is 11.7 Å². The molecule has 2 aromatic heterocycles. The molecule has 4 rings (SSSR count). The Morgan fingerprint density at radius 2 is 1.96 bits per heavy atom. The fraction of sp³-hybridized carbons (Fsp3) is 0.217. The third-order valence-corrected chi connectivity index (χ3v) is 4.70. The van der Waals surface area contributed by atoms with Gasteiger partial charge in [0, 0.05) is 31.0 Å². The van der Waals surface area contributed by atoms with Gasteiger partial charge in [-0.3, -0.25) is 0 Å². The lowest BCUT2D eigenvalue weighted by Crippen LogP contribution is -1.97. The molecule has 0 amide bonds. The van der Waals surface area contributed by atoms with Crippen molar-refractivity contribution in [1.29, 1.82) is 0 Å². The Hall–Kier alpha value is -3.18. The quantitative estimate of drug-likeness (QED) is 0.459. The molecule has 0 aliphatic rings. The van der Waals surface area contributed by atoms with E-state index in [0.717, 1.165) is 17.0 Å². The molecule has 0 radical (unpaired) electrons. The number of nitrogens with zero attached hydrogens (tertiary/aromatic N) is 3. The molecule has 0 aliphatic heterocycles. The maximum absolute atomic E-state index is 6.02. The Bertz CT molecular complexity index is 1030. The van der Waals surface area contributed by atoms with Gasteiger partial charge in [-0.15, -0.1) is 0 Å². The van der Waals surface area contributed by atoms with E-state index in [2.05, 4.69) is 35.2 Å². The van der Waals surface area contributed by atoms with Crippen molar-refractivity contribution in [3.63, 3.8) is 0 Å². The summed E-state index contributed by atoms with van der Waals surface area (Å²) in [5.41, 5.74) is 5.61. The van der Waals surface area contributed by atoms with Crippen molar-refractivity contribution in [3.05, 3.63) is 89.7 Å². The number of rotatable bonds is 7. The molecule has 5 heteroatoms. The molecule has 0 N–H and O–H groups in total. The summed E-state index contributed by atoms with van der Waals surface area (Å²) in [6.07, 6.45) is 6.14. The van der Waals surface area contributed by atoms with Crippen LogP contribution in [-0.4, -0.2) is 21.4 Å². The summed E-state index contributed by atoms with van der Waals surface area (Å²) in [7, 11) is 0. The van der Waals surface area contributed by atoms with Crippen LogP contribution in [0.4, 0.5) is 0 Å². The Labute approximate surface area is 164 Å². The number of hydrogen-bond donors (Lipinski definition) is 0. The van der Waals surface area contributed by atoms with Crippen molar-refractivity contribution in [2.75, 3.05) is 6.61 Å². The highest BCUT2D eigenvalue weighted by molar-refractivity contribution is 5.58. The SMILES string of the molecule is CCOCc1ccc(C)c(Cc2ncc(-c3ccc(-n4cccn4)cc3)o2)c1. The third kappa shape index (κ3) is 4.05. The second kappa shape index (κ2) is 8.23. The van der Waals surface area contributed by atoms with Gasteiger partial charge in [-0.2, -0.15) is 5.10 Å². The van der Waals surface area contributed by atoms with E-state index in [9.17, 15) is 0 Å². The molecule has 0 aliphatic carbocycles. The molecule has 4 aromatic rings. The van der Waals surface area contributed by atoms with Crippen LogP contribution in [0.2, 0.25) is 0 Å². The van der Waals surface area contributed by atoms with E-state index in [1.54, 1.807) is 12.4 Å². The standard InChI is InChI=1S/C23H23N3O2/c1-3-27-16-18-6-5-17(2)20(13-18)14-23-24-15-22(28-23)19-7-9-21(10-8-19)26-12-4-11-25-26/h4-13,15H,3,14,16H2,1-2H3. The largest absolute Gasteiger partial charge is 0.440 e. The summed E-state index contributed by atoms with van der Waals surface area (Å²) in [5.74, 6) is 1.48. The first-order valence-corrected chi connectivity index (χ1v) is 9.44. The van der Waals surface area contributed by atoms with Crippen LogP contribution in [0, 0.1) is 6.92 Å². The van der Waals surface area contributed by atoms with Crippen molar-refractivity contribution in [2.45, 2.75) is 26.9 Å². The average molecular weight is 373 g/mol. The molecule has 0 bridgehead atoms. The van der Waals surface area contributed by atoms with Gasteiger partial charge in [0.2, 0.25) is 0 Å². The highest BCUT2D eigenvalue weighted by Crippen LogP contribution is 2.24. The first kappa shape index (κ1) is 18.2. The van der Waals surface area contributed by atoms with Gasteiger partial charge < -0.3 is 9.15 Å². The summed E-state index contributed by atoms with van der Waals surface area (Å²) >= 11 is 0. The van der Waals surface area contributed by atoms with E-state index >= 15 is 0 Å². The number of aromatic nitrogens is 3. The van der Waals surface area contributed by atoms with Gasteiger partial charge in [0.25, 0.3) is 0 Å². The van der Waals surface area contributed by atoms with Crippen LogP contribution in [0.5, 0.6) is 0 Å². The number of oxazole rings is 1.